The highest BCUT2D eigenvalue weighted by molar-refractivity contribution is 5.89. The van der Waals surface area contributed by atoms with Crippen LogP contribution in [-0.4, -0.2) is 74.8 Å². The fraction of sp³-hybridized carbons (Fsp3) is 0.773. The van der Waals surface area contributed by atoms with E-state index in [1.54, 1.807) is 20.8 Å². The molecular formula is C22H36N4O6. The number of ether oxygens (including phenoxy) is 1. The second-order valence-electron chi connectivity index (χ2n) is 9.90. The second kappa shape index (κ2) is 10.3. The van der Waals surface area contributed by atoms with E-state index < -0.39 is 35.7 Å². The molecule has 0 radical (unpaired) electrons. The molecule has 1 aliphatic rings. The topological polar surface area (TPSA) is 126 Å². The molecule has 0 bridgehead atoms. The molecular weight excluding hydrogens is 416 g/mol. The minimum Gasteiger partial charge on any atom is -0.480 e. The second-order valence-corrected chi connectivity index (χ2v) is 9.90. The lowest BCUT2D eigenvalue weighted by molar-refractivity contribution is -0.151. The van der Waals surface area contributed by atoms with Crippen molar-refractivity contribution in [3.8, 4) is 0 Å². The number of likely N-dealkylation sites (N-methyl/N-ethyl adjacent to an activating group) is 2. The van der Waals surface area contributed by atoms with Crippen molar-refractivity contribution >= 4 is 18.0 Å². The Morgan fingerprint density at radius 2 is 1.78 bits per heavy atom. The smallest absolute Gasteiger partial charge is 0.410 e. The van der Waals surface area contributed by atoms with Gasteiger partial charge in [0.25, 0.3) is 0 Å². The Bertz CT molecular complexity index is 812. The van der Waals surface area contributed by atoms with Gasteiger partial charge in [0, 0.05) is 26.4 Å². The molecule has 32 heavy (non-hydrogen) atoms. The quantitative estimate of drug-likeness (QED) is 0.574. The Hall–Kier alpha value is -2.65. The van der Waals surface area contributed by atoms with Gasteiger partial charge in [-0.25, -0.2) is 9.59 Å². The maximum atomic E-state index is 13.3. The highest BCUT2D eigenvalue weighted by Crippen LogP contribution is 2.38. The third kappa shape index (κ3) is 7.20. The molecule has 1 fully saturated rings. The minimum atomic E-state index is -1.13. The number of nitrogens with zero attached hydrogens (tertiary/aromatic N) is 4. The number of aromatic nitrogens is 2. The van der Waals surface area contributed by atoms with Gasteiger partial charge in [0.2, 0.25) is 11.8 Å². The molecule has 2 rings (SSSR count). The Morgan fingerprint density at radius 1 is 1.16 bits per heavy atom. The van der Waals surface area contributed by atoms with Crippen LogP contribution in [-0.2, 0) is 20.7 Å². The van der Waals surface area contributed by atoms with E-state index in [1.165, 1.54) is 23.9 Å². The molecule has 0 saturated heterocycles. The van der Waals surface area contributed by atoms with Gasteiger partial charge in [0.1, 0.15) is 17.7 Å². The largest absolute Gasteiger partial charge is 0.480 e. The minimum absolute atomic E-state index is 0.102. The number of rotatable bonds is 10. The Morgan fingerprint density at radius 3 is 2.28 bits per heavy atom. The first-order chi connectivity index (χ1) is 14.8. The van der Waals surface area contributed by atoms with Gasteiger partial charge in [0.05, 0.1) is 0 Å². The van der Waals surface area contributed by atoms with E-state index in [4.69, 9.17) is 9.26 Å². The molecule has 2 atom stereocenters. The Labute approximate surface area is 189 Å². The number of aryl methyl sites for hydroxylation is 1. The van der Waals surface area contributed by atoms with E-state index in [9.17, 15) is 19.5 Å². The highest BCUT2D eigenvalue weighted by Gasteiger charge is 2.37. The SMILES string of the molecule is CC(C)C[C@@H](C(=O)N(C)[C@H](CCc1nc(C2CC2)no1)C(=O)O)N(C)C(=O)OC(C)(C)C. The summed E-state index contributed by atoms with van der Waals surface area (Å²) >= 11 is 0. The van der Waals surface area contributed by atoms with Crippen molar-refractivity contribution in [2.45, 2.75) is 90.3 Å². The molecule has 10 nitrogen and oxygen atoms in total. The van der Waals surface area contributed by atoms with Gasteiger partial charge in [-0.05, 0) is 52.4 Å². The van der Waals surface area contributed by atoms with Crippen LogP contribution < -0.4 is 0 Å². The van der Waals surface area contributed by atoms with Crippen LogP contribution in [0.4, 0.5) is 4.79 Å². The molecule has 10 heteroatoms. The van der Waals surface area contributed by atoms with E-state index in [2.05, 4.69) is 10.1 Å². The van der Waals surface area contributed by atoms with Crippen molar-refractivity contribution in [3.05, 3.63) is 11.7 Å². The summed E-state index contributed by atoms with van der Waals surface area (Å²) in [7, 11) is 2.95. The zero-order chi connectivity index (χ0) is 24.2. The number of carbonyl (C=O) groups is 3. The molecule has 2 amide bonds. The van der Waals surface area contributed by atoms with Crippen molar-refractivity contribution < 1.29 is 28.8 Å². The number of carboxylic acids is 1. The van der Waals surface area contributed by atoms with Crippen molar-refractivity contribution in [2.75, 3.05) is 14.1 Å². The highest BCUT2D eigenvalue weighted by atomic mass is 16.6. The standard InChI is InChI=1S/C22H36N4O6/c1-13(2)12-16(26(7)21(30)31-22(3,4)5)19(27)25(6)15(20(28)29)10-11-17-23-18(24-32-17)14-8-9-14/h13-16H,8-12H2,1-7H3,(H,28,29)/t15-,16+/m1/s1. The first-order valence-electron chi connectivity index (χ1n) is 11.1. The zero-order valence-electron chi connectivity index (χ0n) is 20.1. The van der Waals surface area contributed by atoms with Crippen LogP contribution in [0.1, 0.15) is 77.9 Å². The average molecular weight is 453 g/mol. The number of carbonyl (C=O) groups excluding carboxylic acids is 2. The number of aliphatic carboxylic acids is 1. The summed E-state index contributed by atoms with van der Waals surface area (Å²) in [5, 5.41) is 13.7. The average Bonchev–Trinajstić information content (AvgIpc) is 3.41. The molecule has 0 aliphatic heterocycles. The fourth-order valence-corrected chi connectivity index (χ4v) is 3.34. The number of carboxylic acid groups (broad SMARTS) is 1. The van der Waals surface area contributed by atoms with Gasteiger partial charge >= 0.3 is 12.1 Å². The molecule has 1 aromatic heterocycles. The fourth-order valence-electron chi connectivity index (χ4n) is 3.34. The van der Waals surface area contributed by atoms with Crippen LogP contribution in [0.15, 0.2) is 4.52 Å². The lowest BCUT2D eigenvalue weighted by Gasteiger charge is -2.35. The normalized spacial score (nSPS) is 15.9. The molecule has 1 aliphatic carbocycles. The van der Waals surface area contributed by atoms with Crippen LogP contribution in [0.5, 0.6) is 0 Å². The van der Waals surface area contributed by atoms with Crippen molar-refractivity contribution in [1.82, 2.24) is 19.9 Å². The molecule has 1 aromatic rings. The van der Waals surface area contributed by atoms with Gasteiger partial charge in [-0.3, -0.25) is 9.69 Å². The summed E-state index contributed by atoms with van der Waals surface area (Å²) in [6.45, 7) is 9.11. The summed E-state index contributed by atoms with van der Waals surface area (Å²) in [4.78, 5) is 44.6. The zero-order valence-corrected chi connectivity index (χ0v) is 20.1. The molecule has 0 aromatic carbocycles. The van der Waals surface area contributed by atoms with Crippen LogP contribution in [0.2, 0.25) is 0 Å². The van der Waals surface area contributed by atoms with Gasteiger partial charge in [-0.15, -0.1) is 0 Å². The van der Waals surface area contributed by atoms with Crippen molar-refractivity contribution in [3.63, 3.8) is 0 Å². The van der Waals surface area contributed by atoms with E-state index in [0.29, 0.717) is 24.1 Å². The van der Waals surface area contributed by atoms with E-state index >= 15 is 0 Å². The predicted molar refractivity (Wildman–Crippen MR) is 116 cm³/mol. The van der Waals surface area contributed by atoms with E-state index in [0.717, 1.165) is 12.8 Å². The van der Waals surface area contributed by atoms with Crippen molar-refractivity contribution in [1.29, 1.82) is 0 Å². The first-order valence-corrected chi connectivity index (χ1v) is 11.1. The summed E-state index contributed by atoms with van der Waals surface area (Å²) < 4.78 is 10.6. The van der Waals surface area contributed by atoms with Crippen molar-refractivity contribution in [2.24, 2.45) is 5.92 Å². The third-order valence-corrected chi connectivity index (χ3v) is 5.29. The van der Waals surface area contributed by atoms with Gasteiger partial charge < -0.3 is 19.3 Å². The van der Waals surface area contributed by atoms with E-state index in [-0.39, 0.29) is 18.8 Å². The number of hydrogen-bond acceptors (Lipinski definition) is 7. The van der Waals surface area contributed by atoms with Crippen LogP contribution >= 0.6 is 0 Å². The first kappa shape index (κ1) is 25.6. The Kier molecular flexibility index (Phi) is 8.25. The molecule has 180 valence electrons. The molecule has 1 heterocycles. The van der Waals surface area contributed by atoms with Crippen LogP contribution in [0.3, 0.4) is 0 Å². The molecule has 1 N–H and O–H groups in total. The summed E-state index contributed by atoms with van der Waals surface area (Å²) in [5.41, 5.74) is -0.713. The maximum Gasteiger partial charge on any atom is 0.410 e. The van der Waals surface area contributed by atoms with Crippen LogP contribution in [0, 0.1) is 5.92 Å². The van der Waals surface area contributed by atoms with Gasteiger partial charge in [-0.2, -0.15) is 4.98 Å². The number of hydrogen-bond donors (Lipinski definition) is 1. The third-order valence-electron chi connectivity index (χ3n) is 5.29. The lowest BCUT2D eigenvalue weighted by Crippen LogP contribution is -2.54. The Balaban J connectivity index is 2.11. The maximum absolute atomic E-state index is 13.3. The van der Waals surface area contributed by atoms with Crippen LogP contribution in [0.25, 0.3) is 0 Å². The lowest BCUT2D eigenvalue weighted by atomic mass is 10.0. The summed E-state index contributed by atoms with van der Waals surface area (Å²) in [6, 6.07) is -1.94. The molecule has 1 saturated carbocycles. The molecule has 0 spiro atoms. The van der Waals surface area contributed by atoms with E-state index in [1.807, 2.05) is 13.8 Å². The summed E-state index contributed by atoms with van der Waals surface area (Å²) in [6.07, 6.45) is 2.18. The monoisotopic (exact) mass is 452 g/mol. The summed E-state index contributed by atoms with van der Waals surface area (Å²) in [5.74, 6) is -0.123. The van der Waals surface area contributed by atoms with Gasteiger partial charge in [-0.1, -0.05) is 19.0 Å². The van der Waals surface area contributed by atoms with Gasteiger partial charge in [0.15, 0.2) is 5.82 Å². The molecule has 0 unspecified atom stereocenters. The number of amides is 2. The predicted octanol–water partition coefficient (Wildman–Crippen LogP) is 3.07.